The largest absolute Gasteiger partial charge is 0.354 e. The van der Waals surface area contributed by atoms with E-state index in [0.717, 1.165) is 11.1 Å². The highest BCUT2D eigenvalue weighted by atomic mass is 16.2. The lowest BCUT2D eigenvalue weighted by Gasteiger charge is -2.09. The van der Waals surface area contributed by atoms with E-state index in [4.69, 9.17) is 0 Å². The lowest BCUT2D eigenvalue weighted by molar-refractivity contribution is -0.122. The normalized spacial score (nSPS) is 9.96. The Kier molecular flexibility index (Phi) is 7.84. The fourth-order valence-electron chi connectivity index (χ4n) is 2.37. The van der Waals surface area contributed by atoms with E-state index in [0.29, 0.717) is 25.2 Å². The van der Waals surface area contributed by atoms with Crippen LogP contribution >= 0.6 is 0 Å². The Morgan fingerprint density at radius 1 is 0.815 bits per heavy atom. The van der Waals surface area contributed by atoms with Gasteiger partial charge in [0.1, 0.15) is 0 Å². The molecule has 0 atom stereocenters. The molecule has 7 heteroatoms. The molecular weight excluding hydrogens is 344 g/mol. The van der Waals surface area contributed by atoms with Crippen molar-refractivity contribution in [2.24, 2.45) is 0 Å². The van der Waals surface area contributed by atoms with E-state index in [-0.39, 0.29) is 18.4 Å². The molecule has 0 bridgehead atoms. The van der Waals surface area contributed by atoms with E-state index in [9.17, 15) is 14.4 Å². The van der Waals surface area contributed by atoms with Crippen molar-refractivity contribution in [3.8, 4) is 0 Å². The summed E-state index contributed by atoms with van der Waals surface area (Å²) in [5, 5.41) is 10.5. The second-order valence-electron chi connectivity index (χ2n) is 6.04. The van der Waals surface area contributed by atoms with E-state index in [1.54, 1.807) is 6.07 Å². The predicted molar refractivity (Wildman–Crippen MR) is 104 cm³/mol. The monoisotopic (exact) mass is 368 g/mol. The highest BCUT2D eigenvalue weighted by molar-refractivity contribution is 5.92. The topological polar surface area (TPSA) is 99.3 Å². The summed E-state index contributed by atoms with van der Waals surface area (Å²) in [4.78, 5) is 35.3. The summed E-state index contributed by atoms with van der Waals surface area (Å²) in [6, 6.07) is 16.3. The number of anilines is 1. The number of carbonyl (C=O) groups excluding carboxylic acids is 3. The summed E-state index contributed by atoms with van der Waals surface area (Å²) < 4.78 is 0. The van der Waals surface area contributed by atoms with Crippen LogP contribution in [-0.4, -0.2) is 37.5 Å². The summed E-state index contributed by atoms with van der Waals surface area (Å²) in [5.41, 5.74) is 2.62. The molecule has 0 saturated carbocycles. The van der Waals surface area contributed by atoms with Crippen LogP contribution in [0.5, 0.6) is 0 Å². The molecule has 2 rings (SSSR count). The van der Waals surface area contributed by atoms with E-state index < -0.39 is 6.03 Å². The van der Waals surface area contributed by atoms with Gasteiger partial charge in [-0.3, -0.25) is 9.59 Å². The number of nitrogens with one attached hydrogen (secondary N) is 4. The highest BCUT2D eigenvalue weighted by Crippen LogP contribution is 2.08. The molecule has 0 aliphatic rings. The summed E-state index contributed by atoms with van der Waals surface area (Å²) in [5.74, 6) is -0.433. The first-order valence-electron chi connectivity index (χ1n) is 8.72. The smallest absolute Gasteiger partial charge is 0.319 e. The molecule has 2 aromatic rings. The Balaban J connectivity index is 1.56. The summed E-state index contributed by atoms with van der Waals surface area (Å²) in [6.07, 6.45) is 0.301. The van der Waals surface area contributed by atoms with Gasteiger partial charge in [-0.1, -0.05) is 42.5 Å². The predicted octanol–water partition coefficient (Wildman–Crippen LogP) is 1.59. The van der Waals surface area contributed by atoms with Gasteiger partial charge >= 0.3 is 6.03 Å². The maximum absolute atomic E-state index is 11.8. The van der Waals surface area contributed by atoms with Crippen molar-refractivity contribution < 1.29 is 14.4 Å². The van der Waals surface area contributed by atoms with Gasteiger partial charge in [0.2, 0.25) is 11.8 Å². The van der Waals surface area contributed by atoms with Gasteiger partial charge < -0.3 is 21.3 Å². The van der Waals surface area contributed by atoms with Crippen LogP contribution in [0.3, 0.4) is 0 Å². The Hall–Kier alpha value is -3.35. The Morgan fingerprint density at radius 2 is 1.52 bits per heavy atom. The minimum absolute atomic E-state index is 0.105. The van der Waals surface area contributed by atoms with Crippen molar-refractivity contribution in [3.05, 3.63) is 65.7 Å². The van der Waals surface area contributed by atoms with Crippen molar-refractivity contribution in [1.29, 1.82) is 0 Å². The van der Waals surface area contributed by atoms with Gasteiger partial charge in [0.15, 0.2) is 0 Å². The Morgan fingerprint density at radius 3 is 2.22 bits per heavy atom. The van der Waals surface area contributed by atoms with Gasteiger partial charge in [0.05, 0.1) is 13.0 Å². The number of aryl methyl sites for hydroxylation is 1. The molecule has 0 aliphatic heterocycles. The van der Waals surface area contributed by atoms with Crippen molar-refractivity contribution in [2.75, 3.05) is 25.0 Å². The third kappa shape index (κ3) is 8.04. The van der Waals surface area contributed by atoms with Gasteiger partial charge in [0.25, 0.3) is 0 Å². The highest BCUT2D eigenvalue weighted by Gasteiger charge is 2.06. The standard InChI is InChI=1S/C20H24N4O3/c1-15-6-5-9-17(12-15)24-20(27)23-14-19(26)22-11-10-21-18(25)13-16-7-3-2-4-8-16/h2-9,12H,10-11,13-14H2,1H3,(H,21,25)(H,22,26)(H2,23,24,27). The molecule has 0 heterocycles. The van der Waals surface area contributed by atoms with E-state index in [1.807, 2.05) is 55.5 Å². The first kappa shape index (κ1) is 20.0. The quantitative estimate of drug-likeness (QED) is 0.533. The summed E-state index contributed by atoms with van der Waals surface area (Å²) in [7, 11) is 0. The maximum atomic E-state index is 11.8. The average Bonchev–Trinajstić information content (AvgIpc) is 2.64. The number of hydrogen-bond donors (Lipinski definition) is 4. The molecule has 2 aromatic carbocycles. The molecular formula is C20H24N4O3. The third-order valence-corrected chi connectivity index (χ3v) is 3.66. The lowest BCUT2D eigenvalue weighted by atomic mass is 10.1. The van der Waals surface area contributed by atoms with E-state index >= 15 is 0 Å². The molecule has 4 N–H and O–H groups in total. The molecule has 0 aliphatic carbocycles. The summed E-state index contributed by atoms with van der Waals surface area (Å²) >= 11 is 0. The zero-order valence-electron chi connectivity index (χ0n) is 15.2. The van der Waals surface area contributed by atoms with Crippen molar-refractivity contribution in [3.63, 3.8) is 0 Å². The van der Waals surface area contributed by atoms with Gasteiger partial charge in [-0.15, -0.1) is 0 Å². The number of rotatable bonds is 8. The van der Waals surface area contributed by atoms with Crippen LogP contribution in [0.4, 0.5) is 10.5 Å². The van der Waals surface area contributed by atoms with Crippen LogP contribution in [0.2, 0.25) is 0 Å². The lowest BCUT2D eigenvalue weighted by Crippen LogP contribution is -2.41. The molecule has 142 valence electrons. The van der Waals surface area contributed by atoms with Crippen LogP contribution in [0.15, 0.2) is 54.6 Å². The Labute approximate surface area is 158 Å². The molecule has 7 nitrogen and oxygen atoms in total. The first-order valence-corrected chi connectivity index (χ1v) is 8.72. The van der Waals surface area contributed by atoms with E-state index in [1.165, 1.54) is 0 Å². The van der Waals surface area contributed by atoms with Gasteiger partial charge in [-0.05, 0) is 30.2 Å². The van der Waals surface area contributed by atoms with Crippen LogP contribution < -0.4 is 21.3 Å². The molecule has 0 radical (unpaired) electrons. The van der Waals surface area contributed by atoms with Crippen LogP contribution in [0.25, 0.3) is 0 Å². The average molecular weight is 368 g/mol. The van der Waals surface area contributed by atoms with Gasteiger partial charge in [0, 0.05) is 18.8 Å². The van der Waals surface area contributed by atoms with E-state index in [2.05, 4.69) is 21.3 Å². The zero-order valence-corrected chi connectivity index (χ0v) is 15.2. The Bertz CT molecular complexity index is 778. The number of hydrogen-bond acceptors (Lipinski definition) is 3. The second-order valence-corrected chi connectivity index (χ2v) is 6.04. The molecule has 4 amide bonds. The number of urea groups is 1. The minimum Gasteiger partial charge on any atom is -0.354 e. The maximum Gasteiger partial charge on any atom is 0.319 e. The summed E-state index contributed by atoms with van der Waals surface area (Å²) in [6.45, 7) is 2.40. The fraction of sp³-hybridized carbons (Fsp3) is 0.250. The second kappa shape index (κ2) is 10.6. The number of amides is 4. The SMILES string of the molecule is Cc1cccc(NC(=O)NCC(=O)NCCNC(=O)Cc2ccccc2)c1. The third-order valence-electron chi connectivity index (χ3n) is 3.66. The molecule has 0 aromatic heterocycles. The van der Waals surface area contributed by atoms with Gasteiger partial charge in [-0.2, -0.15) is 0 Å². The number of benzene rings is 2. The van der Waals surface area contributed by atoms with Gasteiger partial charge in [-0.25, -0.2) is 4.79 Å². The molecule has 0 unspecified atom stereocenters. The number of carbonyl (C=O) groups is 3. The minimum atomic E-state index is -0.452. The van der Waals surface area contributed by atoms with Crippen molar-refractivity contribution >= 4 is 23.5 Å². The molecule has 0 spiro atoms. The van der Waals surface area contributed by atoms with Crippen molar-refractivity contribution in [1.82, 2.24) is 16.0 Å². The van der Waals surface area contributed by atoms with Crippen LogP contribution in [-0.2, 0) is 16.0 Å². The molecule has 0 saturated heterocycles. The first-order chi connectivity index (χ1) is 13.0. The zero-order chi connectivity index (χ0) is 19.5. The molecule has 27 heavy (non-hydrogen) atoms. The van der Waals surface area contributed by atoms with Crippen molar-refractivity contribution in [2.45, 2.75) is 13.3 Å². The molecule has 0 fully saturated rings. The van der Waals surface area contributed by atoms with Crippen LogP contribution in [0.1, 0.15) is 11.1 Å². The fourth-order valence-corrected chi connectivity index (χ4v) is 2.37. The van der Waals surface area contributed by atoms with Crippen LogP contribution in [0, 0.1) is 6.92 Å².